The van der Waals surface area contributed by atoms with Crippen molar-refractivity contribution in [2.75, 3.05) is 20.1 Å². The molecule has 3 rings (SSSR count). The van der Waals surface area contributed by atoms with E-state index in [0.29, 0.717) is 12.1 Å². The maximum absolute atomic E-state index is 6.19. The monoisotopic (exact) mass is 288 g/mol. The van der Waals surface area contributed by atoms with Gasteiger partial charge in [-0.1, -0.05) is 24.6 Å². The molecule has 1 aromatic carbocycles. The summed E-state index contributed by atoms with van der Waals surface area (Å²) in [7, 11) is 2.06. The number of nitrogens with zero attached hydrogens (tertiary/aromatic N) is 1. The molecule has 2 unspecified atom stereocenters. The number of ether oxygens (including phenoxy) is 1. The van der Waals surface area contributed by atoms with Gasteiger partial charge in [0.05, 0.1) is 0 Å². The highest BCUT2D eigenvalue weighted by Gasteiger charge is 2.39. The Bertz CT molecular complexity index is 484. The van der Waals surface area contributed by atoms with E-state index in [2.05, 4.69) is 55.4 Å². The van der Waals surface area contributed by atoms with Crippen LogP contribution < -0.4 is 10.1 Å². The fourth-order valence-corrected chi connectivity index (χ4v) is 3.95. The molecule has 2 aliphatic heterocycles. The van der Waals surface area contributed by atoms with Crippen LogP contribution in [0, 0.1) is 0 Å². The summed E-state index contributed by atoms with van der Waals surface area (Å²) < 4.78 is 6.19. The van der Waals surface area contributed by atoms with E-state index >= 15 is 0 Å². The summed E-state index contributed by atoms with van der Waals surface area (Å²) in [5.41, 5.74) is 1.29. The van der Waals surface area contributed by atoms with E-state index in [1.54, 1.807) is 0 Å². The summed E-state index contributed by atoms with van der Waals surface area (Å²) >= 11 is 0. The molecule has 0 saturated carbocycles. The van der Waals surface area contributed by atoms with E-state index in [1.807, 2.05) is 0 Å². The van der Waals surface area contributed by atoms with Crippen LogP contribution >= 0.6 is 0 Å². The second kappa shape index (κ2) is 5.98. The zero-order valence-electron chi connectivity index (χ0n) is 13.6. The van der Waals surface area contributed by atoms with Gasteiger partial charge in [0.15, 0.2) is 0 Å². The lowest BCUT2D eigenvalue weighted by Crippen LogP contribution is -2.50. The average Bonchev–Trinajstić information content (AvgIpc) is 2.46. The van der Waals surface area contributed by atoms with Crippen molar-refractivity contribution in [2.45, 2.75) is 57.2 Å². The minimum absolute atomic E-state index is 0.0827. The van der Waals surface area contributed by atoms with E-state index < -0.39 is 0 Å². The van der Waals surface area contributed by atoms with Gasteiger partial charge in [-0.25, -0.2) is 0 Å². The molecule has 3 heteroatoms. The first kappa shape index (κ1) is 14.9. The molecule has 2 aliphatic rings. The molecular weight excluding hydrogens is 260 g/mol. The minimum atomic E-state index is -0.0827. The second-order valence-corrected chi connectivity index (χ2v) is 7.06. The molecule has 1 aromatic rings. The van der Waals surface area contributed by atoms with Crippen molar-refractivity contribution in [3.8, 4) is 5.75 Å². The fraction of sp³-hybridized carbons (Fsp3) is 0.667. The first-order valence-electron chi connectivity index (χ1n) is 8.29. The number of likely N-dealkylation sites (tertiary alicyclic amines) is 1. The summed E-state index contributed by atoms with van der Waals surface area (Å²) in [5, 5.41) is 3.38. The first-order valence-corrected chi connectivity index (χ1v) is 8.29. The quantitative estimate of drug-likeness (QED) is 0.923. The summed E-state index contributed by atoms with van der Waals surface area (Å²) in [4.78, 5) is 2.73. The van der Waals surface area contributed by atoms with Crippen LogP contribution in [-0.4, -0.2) is 36.7 Å². The van der Waals surface area contributed by atoms with Gasteiger partial charge in [-0.2, -0.15) is 0 Å². The minimum Gasteiger partial charge on any atom is -0.487 e. The van der Waals surface area contributed by atoms with Crippen LogP contribution in [0.4, 0.5) is 0 Å². The van der Waals surface area contributed by atoms with Crippen LogP contribution in [0.5, 0.6) is 5.75 Å². The lowest BCUT2D eigenvalue weighted by atomic mass is 9.86. The van der Waals surface area contributed by atoms with Crippen molar-refractivity contribution in [1.29, 1.82) is 0 Å². The number of piperidine rings is 1. The Morgan fingerprint density at radius 2 is 2.10 bits per heavy atom. The van der Waals surface area contributed by atoms with Gasteiger partial charge in [-0.3, -0.25) is 4.90 Å². The third kappa shape index (κ3) is 3.09. The van der Waals surface area contributed by atoms with Crippen LogP contribution in [0.1, 0.15) is 51.1 Å². The van der Waals surface area contributed by atoms with Crippen LogP contribution in [0.3, 0.4) is 0 Å². The van der Waals surface area contributed by atoms with Crippen LogP contribution in [0.2, 0.25) is 0 Å². The van der Waals surface area contributed by atoms with E-state index in [4.69, 9.17) is 4.74 Å². The van der Waals surface area contributed by atoms with Crippen molar-refractivity contribution in [3.05, 3.63) is 29.8 Å². The Kier molecular flexibility index (Phi) is 4.23. The molecule has 2 atom stereocenters. The topological polar surface area (TPSA) is 24.5 Å². The Morgan fingerprint density at radius 3 is 2.90 bits per heavy atom. The van der Waals surface area contributed by atoms with Gasteiger partial charge in [0.1, 0.15) is 11.4 Å². The third-order valence-electron chi connectivity index (χ3n) is 4.86. The van der Waals surface area contributed by atoms with Gasteiger partial charge in [0.2, 0.25) is 0 Å². The molecular formula is C18H28N2O. The summed E-state index contributed by atoms with van der Waals surface area (Å²) in [5.74, 6) is 1.08. The molecule has 0 spiro atoms. The average molecular weight is 288 g/mol. The Hall–Kier alpha value is -1.06. The predicted octanol–water partition coefficient (Wildman–Crippen LogP) is 3.36. The zero-order valence-corrected chi connectivity index (χ0v) is 13.6. The molecule has 21 heavy (non-hydrogen) atoms. The molecule has 0 bridgehead atoms. The van der Waals surface area contributed by atoms with Gasteiger partial charge in [-0.05, 0) is 46.3 Å². The zero-order chi connectivity index (χ0) is 14.9. The number of rotatable bonds is 3. The number of fused-ring (bicyclic) bond motifs is 1. The number of nitrogens with one attached hydrogen (secondary N) is 1. The normalized spacial score (nSPS) is 28.7. The van der Waals surface area contributed by atoms with Crippen molar-refractivity contribution >= 4 is 0 Å². The molecule has 0 radical (unpaired) electrons. The molecule has 0 aromatic heterocycles. The molecule has 3 nitrogen and oxygen atoms in total. The van der Waals surface area contributed by atoms with Crippen LogP contribution in [0.25, 0.3) is 0 Å². The molecule has 116 valence electrons. The van der Waals surface area contributed by atoms with Gasteiger partial charge in [-0.15, -0.1) is 0 Å². The van der Waals surface area contributed by atoms with Gasteiger partial charge >= 0.3 is 0 Å². The maximum Gasteiger partial charge on any atom is 0.124 e. The predicted molar refractivity (Wildman–Crippen MR) is 86.8 cm³/mol. The number of hydrogen-bond acceptors (Lipinski definition) is 3. The molecule has 2 heterocycles. The summed E-state index contributed by atoms with van der Waals surface area (Å²) in [6.07, 6.45) is 5.06. The Balaban J connectivity index is 1.92. The molecule has 1 saturated heterocycles. The number of para-hydroxylation sites is 1. The number of hydrogen-bond donors (Lipinski definition) is 1. The van der Waals surface area contributed by atoms with E-state index in [1.165, 1.54) is 31.4 Å². The number of likely N-dealkylation sites (N-methyl/N-ethyl adjacent to an activating group) is 1. The SMILES string of the molecule is CNCC1CCCCN1C1CC(C)(C)Oc2ccccc21. The highest BCUT2D eigenvalue weighted by atomic mass is 16.5. The molecule has 0 amide bonds. The summed E-state index contributed by atoms with van der Waals surface area (Å²) in [6, 6.07) is 9.74. The van der Waals surface area contributed by atoms with Gasteiger partial charge in [0.25, 0.3) is 0 Å². The van der Waals surface area contributed by atoms with Crippen molar-refractivity contribution < 1.29 is 4.74 Å². The van der Waals surface area contributed by atoms with Crippen LogP contribution in [-0.2, 0) is 0 Å². The third-order valence-corrected chi connectivity index (χ3v) is 4.86. The highest BCUT2D eigenvalue weighted by Crippen LogP contribution is 2.44. The van der Waals surface area contributed by atoms with E-state index in [-0.39, 0.29) is 5.60 Å². The molecule has 0 aliphatic carbocycles. The van der Waals surface area contributed by atoms with Crippen LogP contribution in [0.15, 0.2) is 24.3 Å². The second-order valence-electron chi connectivity index (χ2n) is 7.06. The summed E-state index contributed by atoms with van der Waals surface area (Å²) in [6.45, 7) is 6.72. The maximum atomic E-state index is 6.19. The Labute approximate surface area is 128 Å². The molecule has 1 fully saturated rings. The van der Waals surface area contributed by atoms with E-state index in [9.17, 15) is 0 Å². The Morgan fingerprint density at radius 1 is 1.29 bits per heavy atom. The molecule has 1 N–H and O–H groups in total. The largest absolute Gasteiger partial charge is 0.487 e. The number of benzene rings is 1. The van der Waals surface area contributed by atoms with Gasteiger partial charge < -0.3 is 10.1 Å². The van der Waals surface area contributed by atoms with Crippen molar-refractivity contribution in [1.82, 2.24) is 10.2 Å². The highest BCUT2D eigenvalue weighted by molar-refractivity contribution is 5.39. The standard InChI is InChI=1S/C18H28N2O/c1-18(2)12-16(15-9-4-5-10-17(15)21-18)20-11-7-6-8-14(20)13-19-3/h4-5,9-10,14,16,19H,6-8,11-13H2,1-3H3. The lowest BCUT2D eigenvalue weighted by Gasteiger charge is -2.47. The van der Waals surface area contributed by atoms with Crippen molar-refractivity contribution in [2.24, 2.45) is 0 Å². The first-order chi connectivity index (χ1) is 10.1. The lowest BCUT2D eigenvalue weighted by molar-refractivity contribution is 0.00382. The van der Waals surface area contributed by atoms with Crippen molar-refractivity contribution in [3.63, 3.8) is 0 Å². The van der Waals surface area contributed by atoms with Gasteiger partial charge in [0, 0.05) is 30.6 Å². The van der Waals surface area contributed by atoms with E-state index in [0.717, 1.165) is 18.7 Å². The smallest absolute Gasteiger partial charge is 0.124 e. The fourth-order valence-electron chi connectivity index (χ4n) is 3.95.